The summed E-state index contributed by atoms with van der Waals surface area (Å²) in [6.45, 7) is 4.24. The fraction of sp³-hybridized carbons (Fsp3) is 0.353. The van der Waals surface area contributed by atoms with Gasteiger partial charge in [-0.15, -0.1) is 0 Å². The highest BCUT2D eigenvalue weighted by Gasteiger charge is 2.51. The van der Waals surface area contributed by atoms with Crippen LogP contribution >= 0.6 is 0 Å². The molecule has 5 nitrogen and oxygen atoms in total. The molecular weight excluding hydrogens is 282 g/mol. The lowest BCUT2D eigenvalue weighted by molar-refractivity contribution is -0.195. The molecule has 0 saturated carbocycles. The number of carboxylic acid groups (broad SMARTS) is 1. The Balaban J connectivity index is 2.60. The van der Waals surface area contributed by atoms with Gasteiger partial charge < -0.3 is 19.6 Å². The molecule has 2 atom stereocenters. The molecule has 0 spiro atoms. The van der Waals surface area contributed by atoms with Crippen molar-refractivity contribution in [1.82, 2.24) is 4.98 Å². The minimum absolute atomic E-state index is 0.252. The summed E-state index contributed by atoms with van der Waals surface area (Å²) in [5, 5.41) is 9.96. The largest absolute Gasteiger partial charge is 0.479 e. The Morgan fingerprint density at radius 1 is 1.18 bits per heavy atom. The van der Waals surface area contributed by atoms with E-state index in [-0.39, 0.29) is 6.61 Å². The van der Waals surface area contributed by atoms with Gasteiger partial charge in [-0.3, -0.25) is 0 Å². The summed E-state index contributed by atoms with van der Waals surface area (Å²) < 4.78 is 11.6. The average molecular weight is 303 g/mol. The van der Waals surface area contributed by atoms with Crippen LogP contribution in [0.5, 0.6) is 0 Å². The lowest BCUT2D eigenvalue weighted by Gasteiger charge is -2.36. The lowest BCUT2D eigenvalue weighted by atomic mass is 9.87. The third-order valence-corrected chi connectivity index (χ3v) is 3.49. The van der Waals surface area contributed by atoms with Gasteiger partial charge in [-0.2, -0.15) is 0 Å². The van der Waals surface area contributed by atoms with Crippen molar-refractivity contribution in [2.45, 2.75) is 25.6 Å². The van der Waals surface area contributed by atoms with Crippen LogP contribution in [-0.2, 0) is 19.9 Å². The Kier molecular flexibility index (Phi) is 5.35. The molecule has 1 heterocycles. The summed E-state index contributed by atoms with van der Waals surface area (Å²) in [6.07, 6.45) is 0.926. The third-order valence-electron chi connectivity index (χ3n) is 3.49. The minimum Gasteiger partial charge on any atom is -0.479 e. The molecule has 0 aliphatic rings. The molecule has 0 radical (unpaired) electrons. The van der Waals surface area contributed by atoms with Crippen LogP contribution in [0.4, 0.5) is 0 Å². The Morgan fingerprint density at radius 3 is 2.41 bits per heavy atom. The second-order valence-corrected chi connectivity index (χ2v) is 4.80. The molecule has 0 aliphatic carbocycles. The van der Waals surface area contributed by atoms with Crippen molar-refractivity contribution in [3.05, 3.63) is 59.9 Å². The van der Waals surface area contributed by atoms with Gasteiger partial charge in [0.2, 0.25) is 5.60 Å². The third kappa shape index (κ3) is 2.91. The van der Waals surface area contributed by atoms with Crippen LogP contribution in [0, 0.1) is 0 Å². The van der Waals surface area contributed by atoms with Gasteiger partial charge in [0, 0.05) is 19.4 Å². The predicted molar refractivity (Wildman–Crippen MR) is 82.5 cm³/mol. The number of nitrogens with one attached hydrogen (secondary N) is 1. The van der Waals surface area contributed by atoms with Gasteiger partial charge in [0.25, 0.3) is 0 Å². The number of carboxylic acids is 1. The number of carbonyl (C=O) groups is 1. The SMILES string of the molecule is CCOC(c1ccccc1)C(OCC)(C(=O)O)c1ccc[nH]1. The van der Waals surface area contributed by atoms with E-state index in [0.29, 0.717) is 12.3 Å². The number of H-pyrrole nitrogens is 1. The van der Waals surface area contributed by atoms with Crippen molar-refractivity contribution >= 4 is 5.97 Å². The monoisotopic (exact) mass is 303 g/mol. The van der Waals surface area contributed by atoms with Crippen molar-refractivity contribution in [3.63, 3.8) is 0 Å². The maximum atomic E-state index is 12.2. The van der Waals surface area contributed by atoms with Crippen LogP contribution in [0.25, 0.3) is 0 Å². The second kappa shape index (κ2) is 7.24. The zero-order chi connectivity index (χ0) is 16.0. The maximum absolute atomic E-state index is 12.2. The molecule has 0 fully saturated rings. The van der Waals surface area contributed by atoms with Crippen LogP contribution in [0.3, 0.4) is 0 Å². The number of ether oxygens (including phenoxy) is 2. The van der Waals surface area contributed by atoms with E-state index in [0.717, 1.165) is 5.56 Å². The molecule has 2 unspecified atom stereocenters. The summed E-state index contributed by atoms with van der Waals surface area (Å²) >= 11 is 0. The van der Waals surface area contributed by atoms with Gasteiger partial charge in [0.15, 0.2) is 0 Å². The number of hydrogen-bond acceptors (Lipinski definition) is 3. The van der Waals surface area contributed by atoms with Crippen molar-refractivity contribution in [3.8, 4) is 0 Å². The molecule has 0 aliphatic heterocycles. The highest BCUT2D eigenvalue weighted by atomic mass is 16.6. The molecule has 0 amide bonds. The highest BCUT2D eigenvalue weighted by Crippen LogP contribution is 2.41. The maximum Gasteiger partial charge on any atom is 0.345 e. The van der Waals surface area contributed by atoms with Gasteiger partial charge >= 0.3 is 5.97 Å². The number of aliphatic carboxylic acids is 1. The normalized spacial score (nSPS) is 15.2. The van der Waals surface area contributed by atoms with Gasteiger partial charge in [-0.25, -0.2) is 4.79 Å². The molecule has 1 aromatic heterocycles. The van der Waals surface area contributed by atoms with E-state index >= 15 is 0 Å². The van der Waals surface area contributed by atoms with Crippen LogP contribution < -0.4 is 0 Å². The zero-order valence-corrected chi connectivity index (χ0v) is 12.8. The summed E-state index contributed by atoms with van der Waals surface area (Å²) in [5.41, 5.74) is -0.394. The lowest BCUT2D eigenvalue weighted by Crippen LogP contribution is -2.46. The van der Waals surface area contributed by atoms with Crippen LogP contribution in [0.2, 0.25) is 0 Å². The summed E-state index contributed by atoms with van der Waals surface area (Å²) in [6, 6.07) is 12.7. The smallest absolute Gasteiger partial charge is 0.345 e. The second-order valence-electron chi connectivity index (χ2n) is 4.80. The zero-order valence-electron chi connectivity index (χ0n) is 12.8. The van der Waals surface area contributed by atoms with Gasteiger partial charge in [-0.05, 0) is 31.5 Å². The summed E-state index contributed by atoms with van der Waals surface area (Å²) in [4.78, 5) is 15.1. The first-order valence-electron chi connectivity index (χ1n) is 7.34. The van der Waals surface area contributed by atoms with Crippen molar-refractivity contribution in [2.75, 3.05) is 13.2 Å². The molecule has 5 heteroatoms. The van der Waals surface area contributed by atoms with Crippen LogP contribution in [-0.4, -0.2) is 29.3 Å². The van der Waals surface area contributed by atoms with Gasteiger partial charge in [0.1, 0.15) is 6.10 Å². The average Bonchev–Trinajstić information content (AvgIpc) is 3.06. The van der Waals surface area contributed by atoms with E-state index in [1.54, 1.807) is 25.3 Å². The Hall–Kier alpha value is -2.11. The fourth-order valence-electron chi connectivity index (χ4n) is 2.62. The highest BCUT2D eigenvalue weighted by molar-refractivity contribution is 5.80. The number of benzene rings is 1. The van der Waals surface area contributed by atoms with Crippen LogP contribution in [0.1, 0.15) is 31.2 Å². The number of hydrogen-bond donors (Lipinski definition) is 2. The topological polar surface area (TPSA) is 71.6 Å². The van der Waals surface area contributed by atoms with Crippen molar-refractivity contribution in [1.29, 1.82) is 0 Å². The van der Waals surface area contributed by atoms with Gasteiger partial charge in [0.05, 0.1) is 5.69 Å². The predicted octanol–water partition coefficient (Wildman–Crippen LogP) is 3.11. The molecule has 2 N–H and O–H groups in total. The first-order chi connectivity index (χ1) is 10.7. The molecule has 0 saturated heterocycles. The van der Waals surface area contributed by atoms with E-state index in [9.17, 15) is 9.90 Å². The molecule has 2 aromatic rings. The number of rotatable bonds is 8. The van der Waals surface area contributed by atoms with E-state index in [1.807, 2.05) is 37.3 Å². The van der Waals surface area contributed by atoms with E-state index < -0.39 is 17.7 Å². The molecule has 0 bridgehead atoms. The standard InChI is InChI=1S/C17H21NO4/c1-3-21-15(13-9-6-5-7-10-13)17(16(19)20,22-4-2)14-11-8-12-18-14/h5-12,15,18H,3-4H2,1-2H3,(H,19,20). The number of aromatic nitrogens is 1. The Labute approximate surface area is 129 Å². The Bertz CT molecular complexity index is 582. The molecule has 118 valence electrons. The molecule has 22 heavy (non-hydrogen) atoms. The molecule has 2 rings (SSSR count). The first kappa shape index (κ1) is 16.3. The minimum atomic E-state index is -1.62. The van der Waals surface area contributed by atoms with Crippen LogP contribution in [0.15, 0.2) is 48.7 Å². The van der Waals surface area contributed by atoms with Gasteiger partial charge in [-0.1, -0.05) is 30.3 Å². The summed E-state index contributed by atoms with van der Waals surface area (Å²) in [5.74, 6) is -1.08. The first-order valence-corrected chi connectivity index (χ1v) is 7.34. The summed E-state index contributed by atoms with van der Waals surface area (Å²) in [7, 11) is 0. The van der Waals surface area contributed by atoms with E-state index in [4.69, 9.17) is 9.47 Å². The van der Waals surface area contributed by atoms with Crippen molar-refractivity contribution in [2.24, 2.45) is 0 Å². The van der Waals surface area contributed by atoms with E-state index in [2.05, 4.69) is 4.98 Å². The quantitative estimate of drug-likeness (QED) is 0.786. The fourth-order valence-corrected chi connectivity index (χ4v) is 2.62. The van der Waals surface area contributed by atoms with E-state index in [1.165, 1.54) is 0 Å². The number of aromatic amines is 1. The Morgan fingerprint density at radius 2 is 1.91 bits per heavy atom. The molecular formula is C17H21NO4. The molecule has 1 aromatic carbocycles. The van der Waals surface area contributed by atoms with Crippen molar-refractivity contribution < 1.29 is 19.4 Å².